The first-order valence-corrected chi connectivity index (χ1v) is 10.6. The molecule has 1 heterocycles. The fourth-order valence-electron chi connectivity index (χ4n) is 3.17. The van der Waals surface area contributed by atoms with Crippen LogP contribution in [-0.4, -0.2) is 45.5 Å². The Morgan fingerprint density at radius 1 is 0.893 bits per heavy atom. The zero-order valence-corrected chi connectivity index (χ0v) is 16.1. The molecule has 6 nitrogen and oxygen atoms in total. The minimum absolute atomic E-state index is 0.185. The predicted octanol–water partition coefficient (Wildman–Crippen LogP) is 2.81. The Bertz CT molecular complexity index is 1090. The third-order valence-corrected chi connectivity index (χ3v) is 5.85. The summed E-state index contributed by atoms with van der Waals surface area (Å²) >= 11 is 0. The van der Waals surface area contributed by atoms with E-state index in [1.54, 1.807) is 18.2 Å². The molecule has 0 atom stereocenters. The molecule has 1 aliphatic heterocycles. The summed E-state index contributed by atoms with van der Waals surface area (Å²) in [5.41, 5.74) is 0.852. The molecule has 1 aliphatic rings. The number of sulfonamides is 1. The number of nitrogens with zero attached hydrogens (tertiary/aromatic N) is 2. The van der Waals surface area contributed by atoms with Crippen LogP contribution in [0.5, 0.6) is 0 Å². The van der Waals surface area contributed by atoms with Crippen LogP contribution in [0, 0.1) is 0 Å². The van der Waals surface area contributed by atoms with E-state index in [0.29, 0.717) is 32.1 Å². The van der Waals surface area contributed by atoms with Crippen LogP contribution < -0.4 is 4.83 Å². The minimum Gasteiger partial charge on any atom is -0.378 e. The van der Waals surface area contributed by atoms with Crippen molar-refractivity contribution >= 4 is 26.6 Å². The first-order valence-electron chi connectivity index (χ1n) is 9.10. The normalized spacial score (nSPS) is 15.6. The molecule has 7 heteroatoms. The molecule has 1 fully saturated rings. The summed E-state index contributed by atoms with van der Waals surface area (Å²) in [5.74, 6) is 0.591. The highest BCUT2D eigenvalue weighted by molar-refractivity contribution is 7.89. The average Bonchev–Trinajstić information content (AvgIpc) is 2.75. The number of rotatable bonds is 4. The van der Waals surface area contributed by atoms with Crippen molar-refractivity contribution in [2.75, 3.05) is 26.3 Å². The first kappa shape index (κ1) is 18.5. The SMILES string of the molecule is O=S(=O)(N/N=C(/c1ccccc1)N1CCOCC1)c1ccc2ccccc2c1. The summed E-state index contributed by atoms with van der Waals surface area (Å²) in [6, 6.07) is 22.3. The van der Waals surface area contributed by atoms with Crippen LogP contribution in [0.4, 0.5) is 0 Å². The molecule has 28 heavy (non-hydrogen) atoms. The highest BCUT2D eigenvalue weighted by Gasteiger charge is 2.19. The van der Waals surface area contributed by atoms with E-state index in [4.69, 9.17) is 4.74 Å². The lowest BCUT2D eigenvalue weighted by Gasteiger charge is -2.29. The van der Waals surface area contributed by atoms with E-state index in [9.17, 15) is 8.42 Å². The van der Waals surface area contributed by atoms with Gasteiger partial charge in [0, 0.05) is 18.7 Å². The monoisotopic (exact) mass is 395 g/mol. The molecule has 0 aromatic heterocycles. The second kappa shape index (κ2) is 8.00. The summed E-state index contributed by atoms with van der Waals surface area (Å²) in [6.45, 7) is 2.49. The Morgan fingerprint density at radius 3 is 2.32 bits per heavy atom. The zero-order valence-electron chi connectivity index (χ0n) is 15.3. The average molecular weight is 395 g/mol. The molecular formula is C21H21N3O3S. The smallest absolute Gasteiger partial charge is 0.276 e. The van der Waals surface area contributed by atoms with E-state index in [0.717, 1.165) is 16.3 Å². The van der Waals surface area contributed by atoms with Crippen molar-refractivity contribution in [3.63, 3.8) is 0 Å². The van der Waals surface area contributed by atoms with Gasteiger partial charge in [0.25, 0.3) is 10.0 Å². The molecule has 0 spiro atoms. The summed E-state index contributed by atoms with van der Waals surface area (Å²) in [7, 11) is -3.79. The molecule has 0 radical (unpaired) electrons. The highest BCUT2D eigenvalue weighted by atomic mass is 32.2. The molecule has 4 rings (SSSR count). The molecule has 1 saturated heterocycles. The maximum Gasteiger partial charge on any atom is 0.276 e. The van der Waals surface area contributed by atoms with E-state index in [1.165, 1.54) is 0 Å². The van der Waals surface area contributed by atoms with Crippen molar-refractivity contribution < 1.29 is 13.2 Å². The second-order valence-corrected chi connectivity index (χ2v) is 8.17. The number of benzene rings is 3. The van der Waals surface area contributed by atoms with Crippen molar-refractivity contribution in [3.8, 4) is 0 Å². The van der Waals surface area contributed by atoms with Crippen molar-refractivity contribution in [3.05, 3.63) is 78.4 Å². The molecule has 1 N–H and O–H groups in total. The number of hydrogen-bond donors (Lipinski definition) is 1. The molecule has 0 amide bonds. The van der Waals surface area contributed by atoms with Crippen molar-refractivity contribution in [1.29, 1.82) is 0 Å². The van der Waals surface area contributed by atoms with Gasteiger partial charge in [0.15, 0.2) is 5.84 Å². The fourth-order valence-corrected chi connectivity index (χ4v) is 4.01. The summed E-state index contributed by atoms with van der Waals surface area (Å²) in [4.78, 5) is 4.63. The van der Waals surface area contributed by atoms with Crippen LogP contribution in [-0.2, 0) is 14.8 Å². The molecule has 144 valence electrons. The maximum atomic E-state index is 12.8. The Balaban J connectivity index is 1.65. The van der Waals surface area contributed by atoms with Crippen LogP contribution in [0.1, 0.15) is 5.56 Å². The van der Waals surface area contributed by atoms with E-state index < -0.39 is 10.0 Å². The molecular weight excluding hydrogens is 374 g/mol. The van der Waals surface area contributed by atoms with Crippen molar-refractivity contribution in [2.24, 2.45) is 5.10 Å². The predicted molar refractivity (Wildman–Crippen MR) is 110 cm³/mol. The molecule has 0 bridgehead atoms. The number of nitrogens with one attached hydrogen (secondary N) is 1. The van der Waals surface area contributed by atoms with Crippen LogP contribution >= 0.6 is 0 Å². The van der Waals surface area contributed by atoms with Gasteiger partial charge in [0.1, 0.15) is 0 Å². The van der Waals surface area contributed by atoms with Crippen LogP contribution in [0.15, 0.2) is 82.8 Å². The molecule has 3 aromatic rings. The Morgan fingerprint density at radius 2 is 1.57 bits per heavy atom. The number of morpholine rings is 1. The van der Waals surface area contributed by atoms with Gasteiger partial charge < -0.3 is 9.64 Å². The van der Waals surface area contributed by atoms with Gasteiger partial charge in [0.2, 0.25) is 0 Å². The zero-order chi connectivity index (χ0) is 19.4. The number of hydrogen-bond acceptors (Lipinski definition) is 4. The lowest BCUT2D eigenvalue weighted by molar-refractivity contribution is 0.0681. The fraction of sp³-hybridized carbons (Fsp3) is 0.190. The van der Waals surface area contributed by atoms with Crippen LogP contribution in [0.3, 0.4) is 0 Å². The third kappa shape index (κ3) is 4.00. The standard InChI is InChI=1S/C21H21N3O3S/c25-28(26,20-11-10-17-6-4-5-9-19(17)16-20)23-22-21(18-7-2-1-3-8-18)24-12-14-27-15-13-24/h1-11,16,23H,12-15H2/b22-21-. The first-order chi connectivity index (χ1) is 13.6. The third-order valence-electron chi connectivity index (χ3n) is 4.65. The van der Waals surface area contributed by atoms with Gasteiger partial charge >= 0.3 is 0 Å². The van der Waals surface area contributed by atoms with Crippen molar-refractivity contribution in [2.45, 2.75) is 4.90 Å². The quantitative estimate of drug-likeness (QED) is 0.419. The number of fused-ring (bicyclic) bond motifs is 1. The van der Waals surface area contributed by atoms with Gasteiger partial charge in [-0.2, -0.15) is 13.2 Å². The van der Waals surface area contributed by atoms with Gasteiger partial charge in [0.05, 0.1) is 18.1 Å². The minimum atomic E-state index is -3.79. The summed E-state index contributed by atoms with van der Waals surface area (Å²) < 4.78 is 31.1. The van der Waals surface area contributed by atoms with Crippen molar-refractivity contribution in [1.82, 2.24) is 9.73 Å². The maximum absolute atomic E-state index is 12.8. The molecule has 0 aliphatic carbocycles. The Kier molecular flexibility index (Phi) is 5.27. The summed E-state index contributed by atoms with van der Waals surface area (Å²) in [6.07, 6.45) is 0. The topological polar surface area (TPSA) is 71.0 Å². The largest absolute Gasteiger partial charge is 0.378 e. The van der Waals surface area contributed by atoms with E-state index in [2.05, 4.69) is 9.93 Å². The number of ether oxygens (including phenoxy) is 1. The summed E-state index contributed by atoms with van der Waals surface area (Å²) in [5, 5.41) is 6.15. The van der Waals surface area contributed by atoms with Gasteiger partial charge in [-0.3, -0.25) is 0 Å². The van der Waals surface area contributed by atoms with E-state index in [1.807, 2.05) is 59.5 Å². The molecule has 0 saturated carbocycles. The number of amidine groups is 1. The molecule has 0 unspecified atom stereocenters. The second-order valence-electron chi connectivity index (χ2n) is 6.50. The number of hydrazone groups is 1. The Labute approximate surface area is 164 Å². The van der Waals surface area contributed by atoms with Gasteiger partial charge in [-0.25, -0.2) is 0 Å². The van der Waals surface area contributed by atoms with E-state index >= 15 is 0 Å². The molecule has 3 aromatic carbocycles. The van der Waals surface area contributed by atoms with E-state index in [-0.39, 0.29) is 4.90 Å². The van der Waals surface area contributed by atoms with Crippen LogP contribution in [0.25, 0.3) is 10.8 Å². The van der Waals surface area contributed by atoms with Gasteiger partial charge in [-0.05, 0) is 22.9 Å². The van der Waals surface area contributed by atoms with Gasteiger partial charge in [-0.1, -0.05) is 60.7 Å². The van der Waals surface area contributed by atoms with Crippen LogP contribution in [0.2, 0.25) is 0 Å². The lowest BCUT2D eigenvalue weighted by Crippen LogP contribution is -2.42. The van der Waals surface area contributed by atoms with Gasteiger partial charge in [-0.15, -0.1) is 5.10 Å². The highest BCUT2D eigenvalue weighted by Crippen LogP contribution is 2.19. The lowest BCUT2D eigenvalue weighted by atomic mass is 10.1. The Hall–Kier alpha value is -2.90.